The van der Waals surface area contributed by atoms with Gasteiger partial charge in [0, 0.05) is 19.0 Å². The number of carbonyl (C=O) groups is 1. The van der Waals surface area contributed by atoms with Crippen molar-refractivity contribution in [3.8, 4) is 0 Å². The standard InChI is InChI=1S/C19H21NO2/c1-2-22-19(21)18-17(16-11-7-4-8-12-16)14-20(18)13-15-9-5-3-6-10-15/h3-12,17-18H,2,13-14H2,1H3/t17-,18+/m1/s1. The molecule has 0 aromatic heterocycles. The van der Waals surface area contributed by atoms with E-state index in [1.165, 1.54) is 11.1 Å². The fourth-order valence-corrected chi connectivity index (χ4v) is 3.09. The maximum atomic E-state index is 12.3. The van der Waals surface area contributed by atoms with Crippen molar-refractivity contribution in [3.05, 3.63) is 71.8 Å². The van der Waals surface area contributed by atoms with E-state index in [2.05, 4.69) is 29.2 Å². The summed E-state index contributed by atoms with van der Waals surface area (Å²) in [6.45, 7) is 3.96. The van der Waals surface area contributed by atoms with Crippen molar-refractivity contribution in [2.24, 2.45) is 0 Å². The lowest BCUT2D eigenvalue weighted by molar-refractivity contribution is -0.156. The van der Waals surface area contributed by atoms with Crippen molar-refractivity contribution >= 4 is 5.97 Å². The Morgan fingerprint density at radius 2 is 1.73 bits per heavy atom. The lowest BCUT2D eigenvalue weighted by atomic mass is 9.82. The van der Waals surface area contributed by atoms with Gasteiger partial charge in [-0.25, -0.2) is 0 Å². The van der Waals surface area contributed by atoms with E-state index in [0.717, 1.165) is 13.1 Å². The summed E-state index contributed by atoms with van der Waals surface area (Å²) in [5.74, 6) is 0.113. The van der Waals surface area contributed by atoms with E-state index in [1.807, 2.05) is 43.3 Å². The van der Waals surface area contributed by atoms with Gasteiger partial charge in [0.1, 0.15) is 6.04 Å². The van der Waals surface area contributed by atoms with E-state index < -0.39 is 0 Å². The van der Waals surface area contributed by atoms with Crippen LogP contribution in [0.5, 0.6) is 0 Å². The average Bonchev–Trinajstić information content (AvgIpc) is 2.53. The van der Waals surface area contributed by atoms with Gasteiger partial charge in [0.25, 0.3) is 0 Å². The summed E-state index contributed by atoms with van der Waals surface area (Å²) in [6, 6.07) is 20.3. The van der Waals surface area contributed by atoms with Crippen LogP contribution in [0.25, 0.3) is 0 Å². The molecule has 0 radical (unpaired) electrons. The van der Waals surface area contributed by atoms with Gasteiger partial charge in [0.2, 0.25) is 0 Å². The van der Waals surface area contributed by atoms with E-state index in [1.54, 1.807) is 0 Å². The fourth-order valence-electron chi connectivity index (χ4n) is 3.09. The van der Waals surface area contributed by atoms with Crippen molar-refractivity contribution in [3.63, 3.8) is 0 Å². The first-order valence-corrected chi connectivity index (χ1v) is 7.79. The Kier molecular flexibility index (Phi) is 4.54. The van der Waals surface area contributed by atoms with Crippen molar-refractivity contribution in [2.45, 2.75) is 25.4 Å². The van der Waals surface area contributed by atoms with Crippen LogP contribution in [0.4, 0.5) is 0 Å². The molecule has 1 aliphatic heterocycles. The van der Waals surface area contributed by atoms with E-state index in [9.17, 15) is 4.79 Å². The van der Waals surface area contributed by atoms with Crippen LogP contribution in [0.3, 0.4) is 0 Å². The first kappa shape index (κ1) is 14.8. The second-order valence-corrected chi connectivity index (χ2v) is 5.63. The minimum absolute atomic E-state index is 0.112. The molecule has 22 heavy (non-hydrogen) atoms. The van der Waals surface area contributed by atoms with E-state index >= 15 is 0 Å². The highest BCUT2D eigenvalue weighted by Crippen LogP contribution is 2.36. The summed E-state index contributed by atoms with van der Waals surface area (Å²) in [4.78, 5) is 14.5. The molecule has 1 aliphatic rings. The number of nitrogens with zero attached hydrogens (tertiary/aromatic N) is 1. The summed E-state index contributed by atoms with van der Waals surface area (Å²) in [5, 5.41) is 0. The molecule has 0 spiro atoms. The molecule has 0 aliphatic carbocycles. The lowest BCUT2D eigenvalue weighted by Gasteiger charge is -2.46. The summed E-state index contributed by atoms with van der Waals surface area (Å²) in [5.41, 5.74) is 2.44. The Labute approximate surface area is 131 Å². The molecule has 0 N–H and O–H groups in total. The second-order valence-electron chi connectivity index (χ2n) is 5.63. The molecule has 2 atom stereocenters. The van der Waals surface area contributed by atoms with Gasteiger partial charge < -0.3 is 4.74 Å². The summed E-state index contributed by atoms with van der Waals surface area (Å²) in [7, 11) is 0. The van der Waals surface area contributed by atoms with Crippen molar-refractivity contribution < 1.29 is 9.53 Å². The number of benzene rings is 2. The number of hydrogen-bond acceptors (Lipinski definition) is 3. The second kappa shape index (κ2) is 6.75. The summed E-state index contributed by atoms with van der Waals surface area (Å²) in [6.07, 6.45) is 0. The van der Waals surface area contributed by atoms with Crippen LogP contribution in [0.15, 0.2) is 60.7 Å². The number of hydrogen-bond donors (Lipinski definition) is 0. The van der Waals surface area contributed by atoms with Crippen molar-refractivity contribution in [1.82, 2.24) is 4.90 Å². The third-order valence-electron chi connectivity index (χ3n) is 4.19. The molecular weight excluding hydrogens is 274 g/mol. The largest absolute Gasteiger partial charge is 0.465 e. The molecule has 3 rings (SSSR count). The molecule has 3 nitrogen and oxygen atoms in total. The maximum Gasteiger partial charge on any atom is 0.324 e. The predicted molar refractivity (Wildman–Crippen MR) is 86.5 cm³/mol. The first-order chi connectivity index (χ1) is 10.8. The Morgan fingerprint density at radius 3 is 2.36 bits per heavy atom. The van der Waals surface area contributed by atoms with Crippen molar-refractivity contribution in [2.75, 3.05) is 13.2 Å². The van der Waals surface area contributed by atoms with Gasteiger partial charge in [-0.05, 0) is 18.1 Å². The Hall–Kier alpha value is -2.13. The van der Waals surface area contributed by atoms with Gasteiger partial charge in [-0.15, -0.1) is 0 Å². The van der Waals surface area contributed by atoms with E-state index in [0.29, 0.717) is 6.61 Å². The highest BCUT2D eigenvalue weighted by atomic mass is 16.5. The Bertz CT molecular complexity index is 612. The van der Waals surface area contributed by atoms with Crippen LogP contribution >= 0.6 is 0 Å². The van der Waals surface area contributed by atoms with Gasteiger partial charge in [0.15, 0.2) is 0 Å². The highest BCUT2D eigenvalue weighted by molar-refractivity contribution is 5.78. The smallest absolute Gasteiger partial charge is 0.324 e. The van der Waals surface area contributed by atoms with Crippen LogP contribution < -0.4 is 0 Å². The molecule has 2 aromatic rings. The Balaban J connectivity index is 1.76. The monoisotopic (exact) mass is 295 g/mol. The number of esters is 1. The minimum Gasteiger partial charge on any atom is -0.465 e. The molecule has 3 heteroatoms. The molecule has 1 heterocycles. The molecular formula is C19H21NO2. The SMILES string of the molecule is CCOC(=O)[C@@H]1[C@@H](c2ccccc2)CN1Cc1ccccc1. The van der Waals surface area contributed by atoms with E-state index in [4.69, 9.17) is 4.74 Å². The van der Waals surface area contributed by atoms with Gasteiger partial charge in [0.05, 0.1) is 6.61 Å². The zero-order valence-corrected chi connectivity index (χ0v) is 12.8. The molecule has 114 valence electrons. The topological polar surface area (TPSA) is 29.5 Å². The van der Waals surface area contributed by atoms with Crippen LogP contribution in [-0.2, 0) is 16.1 Å². The van der Waals surface area contributed by atoms with Crippen LogP contribution in [0.2, 0.25) is 0 Å². The van der Waals surface area contributed by atoms with Gasteiger partial charge in [-0.2, -0.15) is 0 Å². The number of likely N-dealkylation sites (tertiary alicyclic amines) is 1. The zero-order valence-electron chi connectivity index (χ0n) is 12.8. The number of carbonyl (C=O) groups excluding carboxylic acids is 1. The number of ether oxygens (including phenoxy) is 1. The van der Waals surface area contributed by atoms with Crippen LogP contribution in [-0.4, -0.2) is 30.1 Å². The van der Waals surface area contributed by atoms with Crippen LogP contribution in [0, 0.1) is 0 Å². The first-order valence-electron chi connectivity index (χ1n) is 7.79. The minimum atomic E-state index is -0.178. The quantitative estimate of drug-likeness (QED) is 0.793. The third-order valence-corrected chi connectivity index (χ3v) is 4.19. The summed E-state index contributed by atoms with van der Waals surface area (Å²) < 4.78 is 5.28. The van der Waals surface area contributed by atoms with Gasteiger partial charge in [-0.3, -0.25) is 9.69 Å². The normalized spacial score (nSPS) is 21.1. The zero-order chi connectivity index (χ0) is 15.4. The van der Waals surface area contributed by atoms with Gasteiger partial charge >= 0.3 is 5.97 Å². The van der Waals surface area contributed by atoms with Crippen molar-refractivity contribution in [1.29, 1.82) is 0 Å². The number of rotatable bonds is 5. The highest BCUT2D eigenvalue weighted by Gasteiger charge is 2.45. The third kappa shape index (κ3) is 3.04. The molecule has 0 amide bonds. The molecule has 0 unspecified atom stereocenters. The summed E-state index contributed by atoms with van der Waals surface area (Å²) >= 11 is 0. The van der Waals surface area contributed by atoms with E-state index in [-0.39, 0.29) is 17.9 Å². The maximum absolute atomic E-state index is 12.3. The molecule has 0 bridgehead atoms. The predicted octanol–water partition coefficient (Wildman–Crippen LogP) is 3.22. The van der Waals surface area contributed by atoms with Crippen LogP contribution in [0.1, 0.15) is 24.0 Å². The molecule has 1 fully saturated rings. The molecule has 0 saturated carbocycles. The molecule has 1 saturated heterocycles. The average molecular weight is 295 g/mol. The Morgan fingerprint density at radius 1 is 1.09 bits per heavy atom. The fraction of sp³-hybridized carbons (Fsp3) is 0.316. The molecule has 2 aromatic carbocycles. The van der Waals surface area contributed by atoms with Gasteiger partial charge in [-0.1, -0.05) is 60.7 Å². The lowest BCUT2D eigenvalue weighted by Crippen LogP contribution is -2.58.